The number of rotatable bonds is 7. The van der Waals surface area contributed by atoms with Crippen LogP contribution in [0.4, 0.5) is 5.69 Å². The van der Waals surface area contributed by atoms with Crippen molar-refractivity contribution in [3.8, 4) is 5.75 Å². The molecule has 1 aliphatic carbocycles. The number of nitro groups is 1. The van der Waals surface area contributed by atoms with E-state index >= 15 is 0 Å². The molecule has 1 aliphatic rings. The van der Waals surface area contributed by atoms with Crippen LogP contribution in [-0.2, 0) is 9.47 Å². The van der Waals surface area contributed by atoms with Crippen LogP contribution >= 0.6 is 15.9 Å². The highest BCUT2D eigenvalue weighted by Gasteiger charge is 2.42. The largest absolute Gasteiger partial charge is 0.487 e. The zero-order valence-corrected chi connectivity index (χ0v) is 13.5. The number of halogens is 1. The second kappa shape index (κ2) is 7.20. The minimum absolute atomic E-state index is 0.0686. The van der Waals surface area contributed by atoms with Crippen molar-refractivity contribution < 1.29 is 19.1 Å². The molecular formula is C14H18BrNO5. The summed E-state index contributed by atoms with van der Waals surface area (Å²) in [7, 11) is 1.62. The molecule has 3 atom stereocenters. The Hall–Kier alpha value is -1.18. The smallest absolute Gasteiger partial charge is 0.276 e. The van der Waals surface area contributed by atoms with Gasteiger partial charge in [0.2, 0.25) is 0 Å². The van der Waals surface area contributed by atoms with Crippen LogP contribution in [-0.4, -0.2) is 42.3 Å². The monoisotopic (exact) mass is 359 g/mol. The summed E-state index contributed by atoms with van der Waals surface area (Å²) >= 11 is 3.53. The molecule has 0 radical (unpaired) electrons. The summed E-state index contributed by atoms with van der Waals surface area (Å²) in [4.78, 5) is 10.8. The lowest BCUT2D eigenvalue weighted by atomic mass is 9.91. The fourth-order valence-corrected chi connectivity index (χ4v) is 3.07. The third-order valence-corrected chi connectivity index (χ3v) is 4.40. The molecule has 0 amide bonds. The van der Waals surface area contributed by atoms with E-state index < -0.39 is 4.92 Å². The highest BCUT2D eigenvalue weighted by molar-refractivity contribution is 9.09. The molecule has 7 heteroatoms. The lowest BCUT2D eigenvalue weighted by Gasteiger charge is -2.41. The van der Waals surface area contributed by atoms with Gasteiger partial charge >= 0.3 is 0 Å². The fraction of sp³-hybridized carbons (Fsp3) is 0.571. The number of methoxy groups -OCH3 is 1. The maximum absolute atomic E-state index is 10.9. The van der Waals surface area contributed by atoms with Crippen molar-refractivity contribution in [3.05, 3.63) is 33.9 Å². The maximum atomic E-state index is 10.9. The van der Waals surface area contributed by atoms with Crippen molar-refractivity contribution in [2.75, 3.05) is 20.3 Å². The third-order valence-electron chi connectivity index (χ3n) is 3.51. The molecule has 1 fully saturated rings. The molecule has 0 aliphatic heterocycles. The van der Waals surface area contributed by atoms with Gasteiger partial charge in [-0.25, -0.2) is 0 Å². The van der Waals surface area contributed by atoms with E-state index in [2.05, 4.69) is 15.9 Å². The minimum Gasteiger partial charge on any atom is -0.487 e. The van der Waals surface area contributed by atoms with E-state index in [1.165, 1.54) is 6.07 Å². The Morgan fingerprint density at radius 3 is 2.81 bits per heavy atom. The first-order valence-corrected chi connectivity index (χ1v) is 7.61. The number of hydrogen-bond donors (Lipinski definition) is 0. The molecule has 3 unspecified atom stereocenters. The first kappa shape index (κ1) is 16.2. The van der Waals surface area contributed by atoms with Crippen LogP contribution in [0.3, 0.4) is 0 Å². The standard InChI is InChI=1S/C14H18BrNO5/c1-9-11(16(17)18)4-3-5-12(9)21-13-8-10(15)14(13)20-7-6-19-2/h3-5,10,13-14H,6-8H2,1-2H3. The van der Waals surface area contributed by atoms with E-state index in [-0.39, 0.29) is 22.7 Å². The molecule has 0 bridgehead atoms. The van der Waals surface area contributed by atoms with Gasteiger partial charge in [0.05, 0.1) is 23.7 Å². The van der Waals surface area contributed by atoms with Gasteiger partial charge in [-0.2, -0.15) is 0 Å². The summed E-state index contributed by atoms with van der Waals surface area (Å²) in [6.45, 7) is 2.72. The van der Waals surface area contributed by atoms with Gasteiger partial charge in [0.15, 0.2) is 0 Å². The molecule has 21 heavy (non-hydrogen) atoms. The molecule has 1 saturated carbocycles. The Kier molecular flexibility index (Phi) is 5.55. The summed E-state index contributed by atoms with van der Waals surface area (Å²) in [5, 5.41) is 10.9. The molecule has 1 aromatic carbocycles. The van der Waals surface area contributed by atoms with E-state index in [9.17, 15) is 10.1 Å². The van der Waals surface area contributed by atoms with Crippen LogP contribution in [0.25, 0.3) is 0 Å². The Morgan fingerprint density at radius 1 is 1.43 bits per heavy atom. The van der Waals surface area contributed by atoms with Crippen molar-refractivity contribution in [2.45, 2.75) is 30.4 Å². The van der Waals surface area contributed by atoms with Gasteiger partial charge in [0.1, 0.15) is 18.0 Å². The number of nitro benzene ring substituents is 1. The molecule has 0 N–H and O–H groups in total. The summed E-state index contributed by atoms with van der Waals surface area (Å²) in [5.74, 6) is 0.536. The predicted molar refractivity (Wildman–Crippen MR) is 81.2 cm³/mol. The Bertz CT molecular complexity index is 510. The van der Waals surface area contributed by atoms with Crippen molar-refractivity contribution in [3.63, 3.8) is 0 Å². The highest BCUT2D eigenvalue weighted by Crippen LogP contribution is 2.36. The first-order valence-electron chi connectivity index (χ1n) is 6.70. The summed E-state index contributed by atoms with van der Waals surface area (Å²) in [5.41, 5.74) is 0.607. The van der Waals surface area contributed by atoms with Gasteiger partial charge in [0, 0.05) is 24.4 Å². The zero-order valence-electron chi connectivity index (χ0n) is 12.0. The molecule has 0 saturated heterocycles. The van der Waals surface area contributed by atoms with Crippen molar-refractivity contribution >= 4 is 21.6 Å². The summed E-state index contributed by atoms with van der Waals surface area (Å²) in [6.07, 6.45) is 0.630. The normalized spacial score (nSPS) is 24.4. The average molecular weight is 360 g/mol. The third kappa shape index (κ3) is 3.72. The lowest BCUT2D eigenvalue weighted by Crippen LogP contribution is -2.52. The number of ether oxygens (including phenoxy) is 3. The summed E-state index contributed by atoms with van der Waals surface area (Å²) in [6, 6.07) is 4.85. The Labute approximate surface area is 131 Å². The predicted octanol–water partition coefficient (Wildman–Crippen LogP) is 2.85. The minimum atomic E-state index is -0.400. The van der Waals surface area contributed by atoms with Gasteiger partial charge in [-0.05, 0) is 13.0 Å². The Morgan fingerprint density at radius 2 is 2.19 bits per heavy atom. The van der Waals surface area contributed by atoms with Gasteiger partial charge in [-0.15, -0.1) is 0 Å². The highest BCUT2D eigenvalue weighted by atomic mass is 79.9. The lowest BCUT2D eigenvalue weighted by molar-refractivity contribution is -0.385. The Balaban J connectivity index is 2.01. The van der Waals surface area contributed by atoms with Crippen LogP contribution in [0, 0.1) is 17.0 Å². The molecule has 1 aromatic rings. The maximum Gasteiger partial charge on any atom is 0.276 e. The number of alkyl halides is 1. The van der Waals surface area contributed by atoms with E-state index in [0.717, 1.165) is 6.42 Å². The van der Waals surface area contributed by atoms with Crippen LogP contribution in [0.2, 0.25) is 0 Å². The molecule has 116 valence electrons. The number of benzene rings is 1. The van der Waals surface area contributed by atoms with Crippen LogP contribution in [0.5, 0.6) is 5.75 Å². The fourth-order valence-electron chi connectivity index (χ4n) is 2.21. The van der Waals surface area contributed by atoms with Crippen molar-refractivity contribution in [1.29, 1.82) is 0 Å². The van der Waals surface area contributed by atoms with E-state index in [1.54, 1.807) is 26.2 Å². The number of nitrogens with zero attached hydrogens (tertiary/aromatic N) is 1. The van der Waals surface area contributed by atoms with E-state index in [1.807, 2.05) is 0 Å². The molecule has 0 heterocycles. The van der Waals surface area contributed by atoms with Gasteiger partial charge < -0.3 is 14.2 Å². The first-order chi connectivity index (χ1) is 10.0. The second-order valence-corrected chi connectivity index (χ2v) is 6.07. The average Bonchev–Trinajstić information content (AvgIpc) is 2.44. The number of hydrogen-bond acceptors (Lipinski definition) is 5. The molecular weight excluding hydrogens is 342 g/mol. The van der Waals surface area contributed by atoms with Crippen molar-refractivity contribution in [2.24, 2.45) is 0 Å². The molecule has 0 aromatic heterocycles. The molecule has 2 rings (SSSR count). The summed E-state index contributed by atoms with van der Waals surface area (Å²) < 4.78 is 16.5. The zero-order chi connectivity index (χ0) is 15.4. The van der Waals surface area contributed by atoms with E-state index in [4.69, 9.17) is 14.2 Å². The SMILES string of the molecule is COCCOC1C(Br)CC1Oc1cccc([N+](=O)[O-])c1C. The van der Waals surface area contributed by atoms with Crippen LogP contribution < -0.4 is 4.74 Å². The second-order valence-electron chi connectivity index (χ2n) is 4.89. The quantitative estimate of drug-likeness (QED) is 0.324. The topological polar surface area (TPSA) is 70.8 Å². The van der Waals surface area contributed by atoms with Crippen molar-refractivity contribution in [1.82, 2.24) is 0 Å². The molecule has 6 nitrogen and oxygen atoms in total. The van der Waals surface area contributed by atoms with Gasteiger partial charge in [-0.1, -0.05) is 22.0 Å². The van der Waals surface area contributed by atoms with Crippen LogP contribution in [0.1, 0.15) is 12.0 Å². The van der Waals surface area contributed by atoms with Crippen LogP contribution in [0.15, 0.2) is 18.2 Å². The van der Waals surface area contributed by atoms with Gasteiger partial charge in [-0.3, -0.25) is 10.1 Å². The molecule has 0 spiro atoms. The van der Waals surface area contributed by atoms with E-state index in [0.29, 0.717) is 24.5 Å². The van der Waals surface area contributed by atoms with Gasteiger partial charge in [0.25, 0.3) is 5.69 Å².